The number of hydrogen-bond acceptors (Lipinski definition) is 3. The highest BCUT2D eigenvalue weighted by atomic mass is 16.5. The summed E-state index contributed by atoms with van der Waals surface area (Å²) in [6, 6.07) is 0.761. The lowest BCUT2D eigenvalue weighted by atomic mass is 9.82. The third-order valence-electron chi connectivity index (χ3n) is 5.30. The summed E-state index contributed by atoms with van der Waals surface area (Å²) in [5.41, 5.74) is 6.49. The van der Waals surface area contributed by atoms with Crippen molar-refractivity contribution in [3.63, 3.8) is 0 Å². The van der Waals surface area contributed by atoms with Crippen molar-refractivity contribution in [2.75, 3.05) is 19.7 Å². The van der Waals surface area contributed by atoms with E-state index < -0.39 is 0 Å². The number of rotatable bonds is 6. The first kappa shape index (κ1) is 16.3. The molecule has 0 bridgehead atoms. The second kappa shape index (κ2) is 7.24. The maximum Gasteiger partial charge on any atom is 0.0590 e. The molecule has 0 aromatic heterocycles. The van der Waals surface area contributed by atoms with Crippen molar-refractivity contribution in [1.82, 2.24) is 4.90 Å². The Hall–Kier alpha value is -0.120. The van der Waals surface area contributed by atoms with E-state index in [9.17, 15) is 0 Å². The van der Waals surface area contributed by atoms with Gasteiger partial charge in [-0.25, -0.2) is 0 Å². The molecule has 1 saturated carbocycles. The van der Waals surface area contributed by atoms with Crippen molar-refractivity contribution >= 4 is 0 Å². The first-order chi connectivity index (χ1) is 9.61. The van der Waals surface area contributed by atoms with Crippen molar-refractivity contribution in [1.29, 1.82) is 0 Å². The minimum absolute atomic E-state index is 0.193. The lowest BCUT2D eigenvalue weighted by Crippen LogP contribution is -2.61. The Morgan fingerprint density at radius 2 is 2.00 bits per heavy atom. The highest BCUT2D eigenvalue weighted by molar-refractivity contribution is 4.99. The number of hydrogen-bond donors (Lipinski definition) is 1. The molecular weight excluding hydrogens is 248 g/mol. The van der Waals surface area contributed by atoms with Gasteiger partial charge in [0, 0.05) is 31.3 Å². The van der Waals surface area contributed by atoms with Crippen LogP contribution in [0.1, 0.15) is 65.7 Å². The molecule has 2 atom stereocenters. The van der Waals surface area contributed by atoms with Crippen molar-refractivity contribution in [2.45, 2.75) is 83.4 Å². The molecule has 0 aromatic rings. The van der Waals surface area contributed by atoms with Gasteiger partial charge in [-0.2, -0.15) is 0 Å². The predicted octanol–water partition coefficient (Wildman–Crippen LogP) is 3.17. The van der Waals surface area contributed by atoms with E-state index in [1.807, 2.05) is 0 Å². The van der Waals surface area contributed by atoms with Crippen LogP contribution in [0.2, 0.25) is 0 Å². The molecule has 20 heavy (non-hydrogen) atoms. The van der Waals surface area contributed by atoms with Crippen molar-refractivity contribution in [3.8, 4) is 0 Å². The van der Waals surface area contributed by atoms with Gasteiger partial charge in [0.05, 0.1) is 6.10 Å². The molecule has 1 saturated heterocycles. The van der Waals surface area contributed by atoms with Crippen molar-refractivity contribution < 1.29 is 4.74 Å². The molecule has 1 aliphatic carbocycles. The predicted molar refractivity (Wildman–Crippen MR) is 84.9 cm³/mol. The molecule has 3 heteroatoms. The fraction of sp³-hybridized carbons (Fsp3) is 1.00. The van der Waals surface area contributed by atoms with Crippen LogP contribution >= 0.6 is 0 Å². The van der Waals surface area contributed by atoms with E-state index in [4.69, 9.17) is 10.5 Å². The van der Waals surface area contributed by atoms with Crippen LogP contribution < -0.4 is 5.73 Å². The summed E-state index contributed by atoms with van der Waals surface area (Å²) in [7, 11) is 0. The summed E-state index contributed by atoms with van der Waals surface area (Å²) in [6.07, 6.45) is 9.29. The Balaban J connectivity index is 2.17. The summed E-state index contributed by atoms with van der Waals surface area (Å²) < 4.78 is 5.92. The summed E-state index contributed by atoms with van der Waals surface area (Å²) in [4.78, 5) is 2.80. The fourth-order valence-electron chi connectivity index (χ4n) is 4.17. The molecule has 118 valence electrons. The molecule has 0 amide bonds. The molecular formula is C17H34N2O. The minimum atomic E-state index is 0.193. The van der Waals surface area contributed by atoms with Gasteiger partial charge in [-0.3, -0.25) is 4.90 Å². The van der Waals surface area contributed by atoms with Crippen LogP contribution in [0.5, 0.6) is 0 Å². The standard InChI is InChI=1S/C17H34N2O/c1-4-16-11-17(13-18,9-10-20-16)19(12-14(2)3)15-7-5-6-8-15/h14-16H,4-13,18H2,1-3H3. The summed E-state index contributed by atoms with van der Waals surface area (Å²) in [5, 5.41) is 0. The molecule has 1 heterocycles. The topological polar surface area (TPSA) is 38.5 Å². The van der Waals surface area contributed by atoms with Gasteiger partial charge in [-0.15, -0.1) is 0 Å². The Labute approximate surface area is 125 Å². The van der Waals surface area contributed by atoms with Crippen molar-refractivity contribution in [2.24, 2.45) is 11.7 Å². The maximum absolute atomic E-state index is 6.30. The van der Waals surface area contributed by atoms with Crippen LogP contribution in [-0.4, -0.2) is 42.3 Å². The molecule has 2 aliphatic rings. The van der Waals surface area contributed by atoms with Crippen LogP contribution in [0.15, 0.2) is 0 Å². The first-order valence-corrected chi connectivity index (χ1v) is 8.69. The van der Waals surface area contributed by atoms with Gasteiger partial charge in [0.25, 0.3) is 0 Å². The largest absolute Gasteiger partial charge is 0.378 e. The Kier molecular flexibility index (Phi) is 5.88. The average molecular weight is 282 g/mol. The van der Waals surface area contributed by atoms with Crippen LogP contribution in [0, 0.1) is 5.92 Å². The normalized spacial score (nSPS) is 32.4. The van der Waals surface area contributed by atoms with Gasteiger partial charge >= 0.3 is 0 Å². The lowest BCUT2D eigenvalue weighted by Gasteiger charge is -2.51. The van der Waals surface area contributed by atoms with Gasteiger partial charge in [-0.05, 0) is 38.0 Å². The number of nitrogens with zero attached hydrogens (tertiary/aromatic N) is 1. The zero-order chi connectivity index (χ0) is 14.6. The van der Waals surface area contributed by atoms with E-state index in [2.05, 4.69) is 25.7 Å². The van der Waals surface area contributed by atoms with Gasteiger partial charge in [0.1, 0.15) is 0 Å². The van der Waals surface area contributed by atoms with Gasteiger partial charge in [0.15, 0.2) is 0 Å². The van der Waals surface area contributed by atoms with Crippen LogP contribution in [0.4, 0.5) is 0 Å². The van der Waals surface area contributed by atoms with Crippen LogP contribution in [0.25, 0.3) is 0 Å². The van der Waals surface area contributed by atoms with Gasteiger partial charge < -0.3 is 10.5 Å². The minimum Gasteiger partial charge on any atom is -0.378 e. The van der Waals surface area contributed by atoms with Crippen molar-refractivity contribution in [3.05, 3.63) is 0 Å². The molecule has 2 unspecified atom stereocenters. The Morgan fingerprint density at radius 3 is 2.55 bits per heavy atom. The highest BCUT2D eigenvalue weighted by Crippen LogP contribution is 2.37. The molecule has 1 aliphatic heterocycles. The summed E-state index contributed by atoms with van der Waals surface area (Å²) in [5.74, 6) is 0.710. The molecule has 0 radical (unpaired) electrons. The summed E-state index contributed by atoms with van der Waals surface area (Å²) in [6.45, 7) is 9.77. The SMILES string of the molecule is CCC1CC(CN)(N(CC(C)C)C2CCCC2)CCO1. The monoisotopic (exact) mass is 282 g/mol. The second-order valence-electron chi connectivity index (χ2n) is 7.27. The second-order valence-corrected chi connectivity index (χ2v) is 7.27. The van der Waals surface area contributed by atoms with Crippen LogP contribution in [-0.2, 0) is 4.74 Å². The van der Waals surface area contributed by atoms with E-state index in [1.165, 1.54) is 32.2 Å². The summed E-state index contributed by atoms with van der Waals surface area (Å²) >= 11 is 0. The lowest BCUT2D eigenvalue weighted by molar-refractivity contribution is -0.0873. The molecule has 3 nitrogen and oxygen atoms in total. The third-order valence-corrected chi connectivity index (χ3v) is 5.30. The quantitative estimate of drug-likeness (QED) is 0.813. The zero-order valence-electron chi connectivity index (χ0n) is 13.7. The molecule has 0 aromatic carbocycles. The molecule has 0 spiro atoms. The molecule has 2 fully saturated rings. The average Bonchev–Trinajstić information content (AvgIpc) is 2.98. The maximum atomic E-state index is 6.30. The first-order valence-electron chi connectivity index (χ1n) is 8.69. The molecule has 2 N–H and O–H groups in total. The van der Waals surface area contributed by atoms with E-state index >= 15 is 0 Å². The van der Waals surface area contributed by atoms with Crippen LogP contribution in [0.3, 0.4) is 0 Å². The van der Waals surface area contributed by atoms with Gasteiger partial charge in [-0.1, -0.05) is 33.6 Å². The Bertz CT molecular complexity index is 289. The zero-order valence-corrected chi connectivity index (χ0v) is 13.7. The smallest absolute Gasteiger partial charge is 0.0590 e. The fourth-order valence-corrected chi connectivity index (χ4v) is 4.17. The third kappa shape index (κ3) is 3.55. The van der Waals surface area contributed by atoms with E-state index in [1.54, 1.807) is 0 Å². The molecule has 2 rings (SSSR count). The number of ether oxygens (including phenoxy) is 1. The number of nitrogens with two attached hydrogens (primary N) is 1. The van der Waals surface area contributed by atoms with E-state index in [0.717, 1.165) is 38.5 Å². The van der Waals surface area contributed by atoms with E-state index in [0.29, 0.717) is 12.0 Å². The van der Waals surface area contributed by atoms with Gasteiger partial charge in [0.2, 0.25) is 0 Å². The Morgan fingerprint density at radius 1 is 1.30 bits per heavy atom. The van der Waals surface area contributed by atoms with E-state index in [-0.39, 0.29) is 5.54 Å². The highest BCUT2D eigenvalue weighted by Gasteiger charge is 2.43.